The minimum Gasteiger partial charge on any atom is -0.382 e. The van der Waals surface area contributed by atoms with E-state index in [1.807, 2.05) is 17.0 Å². The van der Waals surface area contributed by atoms with Gasteiger partial charge in [0.1, 0.15) is 5.69 Å². The third-order valence-corrected chi connectivity index (χ3v) is 7.39. The summed E-state index contributed by atoms with van der Waals surface area (Å²) in [4.78, 5) is 22.2. The van der Waals surface area contributed by atoms with Gasteiger partial charge < -0.3 is 15.5 Å². The van der Waals surface area contributed by atoms with Crippen LogP contribution in [-0.4, -0.2) is 65.0 Å². The van der Waals surface area contributed by atoms with E-state index in [-0.39, 0.29) is 11.9 Å². The van der Waals surface area contributed by atoms with Crippen molar-refractivity contribution in [1.29, 1.82) is 0 Å². The second kappa shape index (κ2) is 11.6. The van der Waals surface area contributed by atoms with Gasteiger partial charge in [-0.15, -0.1) is 0 Å². The van der Waals surface area contributed by atoms with Crippen LogP contribution < -0.4 is 10.6 Å². The van der Waals surface area contributed by atoms with Crippen molar-refractivity contribution in [2.24, 2.45) is 0 Å². The molecule has 6 nitrogen and oxygen atoms in total. The molecular weight excluding hydrogens is 484 g/mol. The number of halogens is 2. The van der Waals surface area contributed by atoms with Crippen LogP contribution in [0.2, 0.25) is 0 Å². The molecule has 0 aliphatic carbocycles. The van der Waals surface area contributed by atoms with Crippen molar-refractivity contribution < 1.29 is 13.6 Å². The first-order valence-electron chi connectivity index (χ1n) is 13.4. The number of benzene rings is 2. The Balaban J connectivity index is 1.22. The molecule has 2 aliphatic rings. The van der Waals surface area contributed by atoms with Crippen molar-refractivity contribution in [2.45, 2.75) is 51.4 Å². The molecule has 200 valence electrons. The molecule has 2 atom stereocenters. The van der Waals surface area contributed by atoms with Crippen LogP contribution in [0, 0.1) is 11.6 Å². The minimum absolute atomic E-state index is 0.0836. The Morgan fingerprint density at radius 3 is 2.39 bits per heavy atom. The van der Waals surface area contributed by atoms with E-state index < -0.39 is 11.6 Å². The lowest BCUT2D eigenvalue weighted by molar-refractivity contribution is 0.0713. The summed E-state index contributed by atoms with van der Waals surface area (Å²) in [6.07, 6.45) is 3.09. The van der Waals surface area contributed by atoms with Crippen LogP contribution >= 0.6 is 0 Å². The number of piperidine rings is 1. The van der Waals surface area contributed by atoms with Gasteiger partial charge in [-0.3, -0.25) is 14.7 Å². The molecule has 0 bridgehead atoms. The standard InChI is InChI=1S/C30H35F2N5O/c1-20-17-36(18-21(2)34-20)19-22-5-7-23(8-6-22)26-4-3-13-33-29(26)30(38)37-14-11-24(12-15-37)35-25-9-10-27(31)28(32)16-25/h3-10,13,16,20-21,24,34-35H,11-12,14-15,17-19H2,1-2H3/t20-,21+. The number of anilines is 1. The van der Waals surface area contributed by atoms with Crippen LogP contribution in [0.1, 0.15) is 42.7 Å². The lowest BCUT2D eigenvalue weighted by Gasteiger charge is -2.36. The molecule has 5 rings (SSSR count). The maximum absolute atomic E-state index is 13.5. The number of likely N-dealkylation sites (tertiary alicyclic amines) is 1. The van der Waals surface area contributed by atoms with Gasteiger partial charge in [0.25, 0.3) is 5.91 Å². The average molecular weight is 520 g/mol. The van der Waals surface area contributed by atoms with Crippen LogP contribution in [0.25, 0.3) is 11.1 Å². The summed E-state index contributed by atoms with van der Waals surface area (Å²) in [7, 11) is 0. The Labute approximate surface area is 223 Å². The fourth-order valence-electron chi connectivity index (χ4n) is 5.62. The lowest BCUT2D eigenvalue weighted by Crippen LogP contribution is -2.53. The summed E-state index contributed by atoms with van der Waals surface area (Å²) in [5, 5.41) is 6.83. The van der Waals surface area contributed by atoms with Gasteiger partial charge in [-0.1, -0.05) is 30.3 Å². The molecule has 2 fully saturated rings. The fourth-order valence-corrected chi connectivity index (χ4v) is 5.62. The third kappa shape index (κ3) is 6.19. The molecular formula is C30H35F2N5O. The molecule has 2 N–H and O–H groups in total. The highest BCUT2D eigenvalue weighted by Crippen LogP contribution is 2.26. The Kier molecular flexibility index (Phi) is 8.00. The minimum atomic E-state index is -0.869. The molecule has 0 unspecified atom stereocenters. The summed E-state index contributed by atoms with van der Waals surface area (Å²) in [5.41, 5.74) is 4.06. The van der Waals surface area contributed by atoms with Gasteiger partial charge in [0.05, 0.1) is 0 Å². The van der Waals surface area contributed by atoms with Crippen LogP contribution in [0.5, 0.6) is 0 Å². The molecule has 8 heteroatoms. The molecule has 1 amide bonds. The Bertz CT molecular complexity index is 1250. The first-order chi connectivity index (χ1) is 18.4. The first-order valence-corrected chi connectivity index (χ1v) is 13.4. The average Bonchev–Trinajstić information content (AvgIpc) is 2.91. The monoisotopic (exact) mass is 519 g/mol. The number of amides is 1. The number of rotatable bonds is 6. The number of hydrogen-bond acceptors (Lipinski definition) is 5. The van der Waals surface area contributed by atoms with Crippen molar-refractivity contribution >= 4 is 11.6 Å². The molecule has 2 aliphatic heterocycles. The summed E-state index contributed by atoms with van der Waals surface area (Å²) in [6, 6.07) is 17.1. The van der Waals surface area contributed by atoms with E-state index >= 15 is 0 Å². The molecule has 0 saturated carbocycles. The smallest absolute Gasteiger partial charge is 0.273 e. The van der Waals surface area contributed by atoms with Crippen LogP contribution in [0.4, 0.5) is 14.5 Å². The highest BCUT2D eigenvalue weighted by Gasteiger charge is 2.26. The lowest BCUT2D eigenvalue weighted by atomic mass is 9.99. The topological polar surface area (TPSA) is 60.5 Å². The zero-order chi connectivity index (χ0) is 26.6. The quantitative estimate of drug-likeness (QED) is 0.484. The van der Waals surface area contributed by atoms with Crippen molar-refractivity contribution in [3.63, 3.8) is 0 Å². The Morgan fingerprint density at radius 2 is 1.71 bits per heavy atom. The van der Waals surface area contributed by atoms with E-state index in [1.54, 1.807) is 6.20 Å². The molecule has 3 aromatic rings. The van der Waals surface area contributed by atoms with Crippen molar-refractivity contribution in [3.05, 3.63) is 83.7 Å². The van der Waals surface area contributed by atoms with Gasteiger partial charge in [0, 0.05) is 74.4 Å². The van der Waals surface area contributed by atoms with Gasteiger partial charge in [0.2, 0.25) is 0 Å². The van der Waals surface area contributed by atoms with Crippen LogP contribution in [-0.2, 0) is 6.54 Å². The van der Waals surface area contributed by atoms with Crippen molar-refractivity contribution in [3.8, 4) is 11.1 Å². The number of pyridine rings is 1. The van der Waals surface area contributed by atoms with Gasteiger partial charge in [-0.25, -0.2) is 8.78 Å². The summed E-state index contributed by atoms with van der Waals surface area (Å²) in [6.45, 7) is 8.54. The van der Waals surface area contributed by atoms with Crippen LogP contribution in [0.3, 0.4) is 0 Å². The number of aromatic nitrogens is 1. The molecule has 0 spiro atoms. The Morgan fingerprint density at radius 1 is 1.00 bits per heavy atom. The molecule has 3 heterocycles. The van der Waals surface area contributed by atoms with Gasteiger partial charge in [-0.05, 0) is 56.0 Å². The molecule has 2 saturated heterocycles. The van der Waals surface area contributed by atoms with E-state index in [4.69, 9.17) is 0 Å². The largest absolute Gasteiger partial charge is 0.382 e. The second-order valence-electron chi connectivity index (χ2n) is 10.6. The maximum Gasteiger partial charge on any atom is 0.273 e. The molecule has 2 aromatic carbocycles. The summed E-state index contributed by atoms with van der Waals surface area (Å²) >= 11 is 0. The van der Waals surface area contributed by atoms with Crippen molar-refractivity contribution in [2.75, 3.05) is 31.5 Å². The maximum atomic E-state index is 13.5. The number of nitrogens with zero attached hydrogens (tertiary/aromatic N) is 3. The van der Waals surface area contributed by atoms with Crippen molar-refractivity contribution in [1.82, 2.24) is 20.1 Å². The van der Waals surface area contributed by atoms with Crippen LogP contribution in [0.15, 0.2) is 60.8 Å². The number of carbonyl (C=O) groups excluding carboxylic acids is 1. The van der Waals surface area contributed by atoms with E-state index in [2.05, 4.69) is 58.6 Å². The summed E-state index contributed by atoms with van der Waals surface area (Å²) < 4.78 is 26.8. The molecule has 38 heavy (non-hydrogen) atoms. The van der Waals surface area contributed by atoms with E-state index in [9.17, 15) is 13.6 Å². The SMILES string of the molecule is C[C@@H]1CN(Cc2ccc(-c3cccnc3C(=O)N3CCC(Nc4ccc(F)c(F)c4)CC3)cc2)C[C@H](C)N1. The zero-order valence-electron chi connectivity index (χ0n) is 22.0. The normalized spacial score (nSPS) is 20.9. The molecule has 0 radical (unpaired) electrons. The first kappa shape index (κ1) is 26.3. The molecule has 1 aromatic heterocycles. The Hall–Kier alpha value is -3.36. The summed E-state index contributed by atoms with van der Waals surface area (Å²) in [5.74, 6) is -1.81. The van der Waals surface area contributed by atoms with E-state index in [0.29, 0.717) is 49.4 Å². The number of nitrogens with one attached hydrogen (secondary N) is 2. The van der Waals surface area contributed by atoms with Gasteiger partial charge in [-0.2, -0.15) is 0 Å². The highest BCUT2D eigenvalue weighted by atomic mass is 19.2. The number of piperazine rings is 1. The second-order valence-corrected chi connectivity index (χ2v) is 10.6. The predicted molar refractivity (Wildman–Crippen MR) is 146 cm³/mol. The number of carbonyl (C=O) groups is 1. The fraction of sp³-hybridized carbons (Fsp3) is 0.400. The van der Waals surface area contributed by atoms with E-state index in [0.717, 1.165) is 36.8 Å². The van der Waals surface area contributed by atoms with Gasteiger partial charge >= 0.3 is 0 Å². The zero-order valence-corrected chi connectivity index (χ0v) is 22.0. The van der Waals surface area contributed by atoms with E-state index in [1.165, 1.54) is 17.7 Å². The predicted octanol–water partition coefficient (Wildman–Crippen LogP) is 4.93. The highest BCUT2D eigenvalue weighted by molar-refractivity contribution is 5.99. The number of hydrogen-bond donors (Lipinski definition) is 2. The van der Waals surface area contributed by atoms with Gasteiger partial charge in [0.15, 0.2) is 11.6 Å². The third-order valence-electron chi connectivity index (χ3n) is 7.39.